The number of sulfonamides is 1. The van der Waals surface area contributed by atoms with Crippen LogP contribution in [0.3, 0.4) is 0 Å². The number of hydrogen-bond acceptors (Lipinski definition) is 6. The molecule has 0 radical (unpaired) electrons. The monoisotopic (exact) mass is 437 g/mol. The Balaban J connectivity index is 1.93. The van der Waals surface area contributed by atoms with Gasteiger partial charge in [-0.05, 0) is 17.7 Å². The van der Waals surface area contributed by atoms with Gasteiger partial charge in [-0.25, -0.2) is 12.7 Å². The van der Waals surface area contributed by atoms with Crippen LogP contribution in [0.2, 0.25) is 0 Å². The molecule has 1 fully saturated rings. The maximum absolute atomic E-state index is 12.8. The van der Waals surface area contributed by atoms with Crippen molar-refractivity contribution >= 4 is 26.8 Å². The Morgan fingerprint density at radius 1 is 1.27 bits per heavy atom. The largest absolute Gasteiger partial charge is 0.497 e. The molecule has 2 aliphatic heterocycles. The minimum Gasteiger partial charge on any atom is -0.497 e. The summed E-state index contributed by atoms with van der Waals surface area (Å²) in [7, 11) is 1.61. The van der Waals surface area contributed by atoms with Crippen molar-refractivity contribution in [1.29, 1.82) is 0 Å². The van der Waals surface area contributed by atoms with Crippen molar-refractivity contribution < 1.29 is 27.8 Å². The predicted molar refractivity (Wildman–Crippen MR) is 111 cm³/mol. The van der Waals surface area contributed by atoms with Crippen LogP contribution in [0, 0.1) is 0 Å². The number of aryl methyl sites for hydroxylation is 1. The van der Waals surface area contributed by atoms with E-state index in [2.05, 4.69) is 0 Å². The van der Waals surface area contributed by atoms with E-state index in [1.165, 1.54) is 17.7 Å². The third-order valence-electron chi connectivity index (χ3n) is 6.34. The molecule has 1 saturated heterocycles. The second kappa shape index (κ2) is 7.23. The molecule has 1 amide bonds. The third-order valence-corrected chi connectivity index (χ3v) is 7.53. The molecule has 3 heterocycles. The molecule has 0 unspecified atom stereocenters. The molecule has 4 rings (SSSR count). The topological polar surface area (TPSA) is 101 Å². The highest BCUT2D eigenvalue weighted by atomic mass is 32.2. The summed E-state index contributed by atoms with van der Waals surface area (Å²) in [5.74, 6) is 0.468. The molecule has 30 heavy (non-hydrogen) atoms. The lowest BCUT2D eigenvalue weighted by Gasteiger charge is -2.55. The minimum absolute atomic E-state index is 0.102. The zero-order valence-electron chi connectivity index (χ0n) is 17.6. The molecule has 1 aromatic heterocycles. The van der Waals surface area contributed by atoms with Crippen LogP contribution in [0.5, 0.6) is 5.75 Å². The molecule has 10 heteroatoms. The zero-order valence-corrected chi connectivity index (χ0v) is 18.4. The fourth-order valence-corrected chi connectivity index (χ4v) is 5.91. The number of aliphatic hydroxyl groups is 1. The van der Waals surface area contributed by atoms with Crippen LogP contribution < -0.4 is 4.74 Å². The third kappa shape index (κ3) is 3.01. The molecule has 9 nitrogen and oxygen atoms in total. The van der Waals surface area contributed by atoms with E-state index < -0.39 is 21.5 Å². The Bertz CT molecular complexity index is 1100. The maximum Gasteiger partial charge on any atom is 0.249 e. The summed E-state index contributed by atoms with van der Waals surface area (Å²) in [6.45, 7) is 0.563. The quantitative estimate of drug-likeness (QED) is 0.718. The molecule has 1 N–H and O–H groups in total. The second-order valence-corrected chi connectivity index (χ2v) is 10.1. The molecule has 164 valence electrons. The Labute approximate surface area is 175 Å². The molecular formula is C20H27N3O6S. The summed E-state index contributed by atoms with van der Waals surface area (Å²) >= 11 is 0. The highest BCUT2D eigenvalue weighted by Gasteiger charge is 2.56. The standard InChI is InChI=1S/C20H27N3O6S/c1-21-15-7-13(29-3)5-6-14(15)18-19(21)16(8-24)23(17(25)9-28-2)12-20(18)10-22(11-20)30(4,26)27/h5-7,16,24H,8-12H2,1-4H3/t16-/m0/s1. The Hall–Kier alpha value is -2.14. The van der Waals surface area contributed by atoms with Gasteiger partial charge in [0, 0.05) is 56.4 Å². The van der Waals surface area contributed by atoms with Gasteiger partial charge in [-0.1, -0.05) is 0 Å². The average molecular weight is 438 g/mol. The van der Waals surface area contributed by atoms with Gasteiger partial charge in [0.05, 0.1) is 31.5 Å². The molecule has 2 aliphatic rings. The van der Waals surface area contributed by atoms with E-state index in [-0.39, 0.29) is 19.1 Å². The first kappa shape index (κ1) is 21.1. The number of nitrogens with zero attached hydrogens (tertiary/aromatic N) is 3. The number of ether oxygens (including phenoxy) is 2. The van der Waals surface area contributed by atoms with Gasteiger partial charge in [0.15, 0.2) is 0 Å². The first-order valence-electron chi connectivity index (χ1n) is 9.68. The summed E-state index contributed by atoms with van der Waals surface area (Å²) in [6, 6.07) is 5.23. The number of aliphatic hydroxyl groups excluding tert-OH is 1. The smallest absolute Gasteiger partial charge is 0.249 e. The van der Waals surface area contributed by atoms with Crippen LogP contribution >= 0.6 is 0 Å². The van der Waals surface area contributed by atoms with Crippen molar-refractivity contribution in [3.05, 3.63) is 29.5 Å². The van der Waals surface area contributed by atoms with Gasteiger partial charge < -0.3 is 24.0 Å². The number of methoxy groups -OCH3 is 2. The van der Waals surface area contributed by atoms with Gasteiger partial charge in [0.25, 0.3) is 0 Å². The lowest BCUT2D eigenvalue weighted by atomic mass is 9.70. The van der Waals surface area contributed by atoms with Crippen LogP contribution in [0.25, 0.3) is 10.9 Å². The molecular weight excluding hydrogens is 410 g/mol. The highest BCUT2D eigenvalue weighted by Crippen LogP contribution is 2.50. The number of fused-ring (bicyclic) bond motifs is 4. The summed E-state index contributed by atoms with van der Waals surface area (Å²) in [6.07, 6.45) is 1.20. The average Bonchev–Trinajstić information content (AvgIpc) is 2.97. The second-order valence-electron chi connectivity index (χ2n) is 8.17. The first-order chi connectivity index (χ1) is 14.2. The van der Waals surface area contributed by atoms with E-state index in [1.807, 2.05) is 29.8 Å². The van der Waals surface area contributed by atoms with Gasteiger partial charge >= 0.3 is 0 Å². The van der Waals surface area contributed by atoms with Crippen molar-refractivity contribution in [3.63, 3.8) is 0 Å². The van der Waals surface area contributed by atoms with E-state index in [0.717, 1.165) is 22.2 Å². The molecule has 1 atom stereocenters. The maximum atomic E-state index is 12.8. The van der Waals surface area contributed by atoms with E-state index in [0.29, 0.717) is 25.4 Å². The molecule has 2 aromatic rings. The fraction of sp³-hybridized carbons (Fsp3) is 0.550. The zero-order chi connectivity index (χ0) is 21.8. The molecule has 0 saturated carbocycles. The minimum atomic E-state index is -3.34. The normalized spacial score (nSPS) is 21.0. The Morgan fingerprint density at radius 2 is 1.97 bits per heavy atom. The summed E-state index contributed by atoms with van der Waals surface area (Å²) in [5.41, 5.74) is 2.20. The van der Waals surface area contributed by atoms with Gasteiger partial charge in [0.2, 0.25) is 15.9 Å². The predicted octanol–water partition coefficient (Wildman–Crippen LogP) is 0.222. The number of rotatable bonds is 5. The van der Waals surface area contributed by atoms with E-state index in [1.54, 1.807) is 12.0 Å². The van der Waals surface area contributed by atoms with Gasteiger partial charge in [0.1, 0.15) is 12.4 Å². The number of benzene rings is 1. The Kier molecular flexibility index (Phi) is 5.08. The lowest BCUT2D eigenvalue weighted by molar-refractivity contribution is -0.142. The van der Waals surface area contributed by atoms with Crippen molar-refractivity contribution in [2.45, 2.75) is 11.5 Å². The summed E-state index contributed by atoms with van der Waals surface area (Å²) < 4.78 is 38.0. The summed E-state index contributed by atoms with van der Waals surface area (Å²) in [5, 5.41) is 11.2. The number of amides is 1. The van der Waals surface area contributed by atoms with Crippen LogP contribution in [-0.2, 0) is 32.0 Å². The van der Waals surface area contributed by atoms with Crippen molar-refractivity contribution in [1.82, 2.24) is 13.8 Å². The molecule has 1 aromatic carbocycles. The number of hydrogen-bond donors (Lipinski definition) is 1. The number of carbonyl (C=O) groups excluding carboxylic acids is 1. The van der Waals surface area contributed by atoms with Crippen LogP contribution in [-0.4, -0.2) is 86.5 Å². The lowest BCUT2D eigenvalue weighted by Crippen LogP contribution is -2.68. The molecule has 0 bridgehead atoms. The van der Waals surface area contributed by atoms with Crippen LogP contribution in [0.15, 0.2) is 18.2 Å². The van der Waals surface area contributed by atoms with Crippen molar-refractivity contribution in [2.75, 3.05) is 53.3 Å². The van der Waals surface area contributed by atoms with Crippen LogP contribution in [0.1, 0.15) is 17.3 Å². The summed E-state index contributed by atoms with van der Waals surface area (Å²) in [4.78, 5) is 14.5. The number of aromatic nitrogens is 1. The van der Waals surface area contributed by atoms with Crippen molar-refractivity contribution in [2.24, 2.45) is 7.05 Å². The highest BCUT2D eigenvalue weighted by molar-refractivity contribution is 7.88. The van der Waals surface area contributed by atoms with Gasteiger partial charge in [-0.2, -0.15) is 0 Å². The SMILES string of the molecule is COCC(=O)N1CC2(CN(S(C)(=O)=O)C2)c2c(n(C)c3cc(OC)ccc23)[C@@H]1CO. The molecule has 1 spiro atoms. The van der Waals surface area contributed by atoms with E-state index in [9.17, 15) is 18.3 Å². The van der Waals surface area contributed by atoms with E-state index in [4.69, 9.17) is 9.47 Å². The Morgan fingerprint density at radius 3 is 2.53 bits per heavy atom. The van der Waals surface area contributed by atoms with Gasteiger partial charge in [-0.15, -0.1) is 0 Å². The molecule has 0 aliphatic carbocycles. The van der Waals surface area contributed by atoms with Gasteiger partial charge in [-0.3, -0.25) is 4.79 Å². The van der Waals surface area contributed by atoms with Crippen LogP contribution in [0.4, 0.5) is 0 Å². The number of carbonyl (C=O) groups is 1. The van der Waals surface area contributed by atoms with E-state index >= 15 is 0 Å². The first-order valence-corrected chi connectivity index (χ1v) is 11.5. The fourth-order valence-electron chi connectivity index (χ4n) is 4.95. The van der Waals surface area contributed by atoms with Crippen molar-refractivity contribution in [3.8, 4) is 5.75 Å².